The zero-order valence-corrected chi connectivity index (χ0v) is 9.90. The normalized spacial score (nSPS) is 13.2. The molecule has 0 bridgehead atoms. The summed E-state index contributed by atoms with van der Waals surface area (Å²) in [5.41, 5.74) is 0. The van der Waals surface area contributed by atoms with Crippen molar-refractivity contribution in [2.24, 2.45) is 13.0 Å². The first-order valence-corrected chi connectivity index (χ1v) is 5.86. The van der Waals surface area contributed by atoms with E-state index in [4.69, 9.17) is 0 Å². The number of aryl methyl sites for hydroxylation is 1. The quantitative estimate of drug-likeness (QED) is 0.616. The highest BCUT2D eigenvalue weighted by Gasteiger charge is 2.07. The second-order valence-electron chi connectivity index (χ2n) is 3.19. The van der Waals surface area contributed by atoms with Gasteiger partial charge in [-0.1, -0.05) is 18.7 Å². The molecule has 1 heterocycles. The Bertz CT molecular complexity index is 272. The van der Waals surface area contributed by atoms with E-state index in [1.54, 1.807) is 11.8 Å². The molecule has 1 unspecified atom stereocenters. The second kappa shape index (κ2) is 4.91. The fourth-order valence-corrected chi connectivity index (χ4v) is 2.06. The van der Waals surface area contributed by atoms with Gasteiger partial charge in [0.1, 0.15) is 5.82 Å². The summed E-state index contributed by atoms with van der Waals surface area (Å²) in [4.78, 5) is 0. The lowest BCUT2D eigenvalue weighted by Gasteiger charge is -2.06. The van der Waals surface area contributed by atoms with Crippen molar-refractivity contribution in [1.29, 1.82) is 0 Å². The van der Waals surface area contributed by atoms with Crippen molar-refractivity contribution in [3.05, 3.63) is 5.82 Å². The van der Waals surface area contributed by atoms with Crippen molar-refractivity contribution < 1.29 is 0 Å². The standard InChI is InChI=1S/C8H15N3S2/c1-6(4-12)5-13-8-10-9-7(2)11(8)3/h6,12H,4-5H2,1-3H3. The van der Waals surface area contributed by atoms with E-state index in [2.05, 4.69) is 29.7 Å². The number of rotatable bonds is 4. The molecule has 0 saturated carbocycles. The van der Waals surface area contributed by atoms with Gasteiger partial charge in [0.25, 0.3) is 0 Å². The zero-order chi connectivity index (χ0) is 9.84. The van der Waals surface area contributed by atoms with Gasteiger partial charge in [0.2, 0.25) is 0 Å². The maximum absolute atomic E-state index is 4.24. The number of aromatic nitrogens is 3. The van der Waals surface area contributed by atoms with Crippen molar-refractivity contribution in [2.75, 3.05) is 11.5 Å². The summed E-state index contributed by atoms with van der Waals surface area (Å²) in [5, 5.41) is 9.06. The van der Waals surface area contributed by atoms with Crippen molar-refractivity contribution in [2.45, 2.75) is 19.0 Å². The van der Waals surface area contributed by atoms with Crippen molar-refractivity contribution in [3.63, 3.8) is 0 Å². The Morgan fingerprint density at radius 3 is 2.69 bits per heavy atom. The van der Waals surface area contributed by atoms with Gasteiger partial charge in [-0.25, -0.2) is 0 Å². The predicted octanol–water partition coefficient (Wildman–Crippen LogP) is 1.78. The predicted molar refractivity (Wildman–Crippen MR) is 59.5 cm³/mol. The topological polar surface area (TPSA) is 30.7 Å². The van der Waals surface area contributed by atoms with Gasteiger partial charge in [-0.05, 0) is 18.6 Å². The molecule has 0 aliphatic rings. The van der Waals surface area contributed by atoms with Crippen LogP contribution in [0.15, 0.2) is 5.16 Å². The molecule has 0 aromatic carbocycles. The second-order valence-corrected chi connectivity index (χ2v) is 4.54. The molecule has 1 atom stereocenters. The number of hydrogen-bond donors (Lipinski definition) is 1. The summed E-state index contributed by atoms with van der Waals surface area (Å²) in [6.07, 6.45) is 0. The minimum atomic E-state index is 0.616. The molecule has 0 saturated heterocycles. The average Bonchev–Trinajstić information content (AvgIpc) is 2.44. The van der Waals surface area contributed by atoms with Crippen molar-refractivity contribution >= 4 is 24.4 Å². The number of nitrogens with zero attached hydrogens (tertiary/aromatic N) is 3. The van der Waals surface area contributed by atoms with Crippen LogP contribution in [-0.2, 0) is 7.05 Å². The molecule has 0 spiro atoms. The van der Waals surface area contributed by atoms with E-state index in [0.717, 1.165) is 22.5 Å². The first-order chi connectivity index (χ1) is 6.15. The van der Waals surface area contributed by atoms with Crippen LogP contribution in [0.2, 0.25) is 0 Å². The monoisotopic (exact) mass is 217 g/mol. The molecule has 0 amide bonds. The Labute approximate surface area is 88.7 Å². The summed E-state index contributed by atoms with van der Waals surface area (Å²) >= 11 is 5.98. The van der Waals surface area contributed by atoms with Gasteiger partial charge in [0.15, 0.2) is 5.16 Å². The van der Waals surface area contributed by atoms with Crippen LogP contribution in [0.5, 0.6) is 0 Å². The number of hydrogen-bond acceptors (Lipinski definition) is 4. The third-order valence-corrected chi connectivity index (χ3v) is 3.83. The Hall–Kier alpha value is -0.160. The zero-order valence-electron chi connectivity index (χ0n) is 8.19. The molecule has 5 heteroatoms. The average molecular weight is 217 g/mol. The van der Waals surface area contributed by atoms with Gasteiger partial charge < -0.3 is 4.57 Å². The summed E-state index contributed by atoms with van der Waals surface area (Å²) in [5.74, 6) is 3.55. The molecule has 1 aromatic rings. The molecule has 0 radical (unpaired) electrons. The van der Waals surface area contributed by atoms with E-state index in [1.165, 1.54) is 0 Å². The van der Waals surface area contributed by atoms with E-state index < -0.39 is 0 Å². The van der Waals surface area contributed by atoms with Crippen LogP contribution in [0.1, 0.15) is 12.7 Å². The van der Waals surface area contributed by atoms with Gasteiger partial charge in [-0.2, -0.15) is 12.6 Å². The molecule has 0 fully saturated rings. The SMILES string of the molecule is Cc1nnc(SCC(C)CS)n1C. The number of thiol groups is 1. The summed E-state index contributed by atoms with van der Waals surface area (Å²) in [6, 6.07) is 0. The van der Waals surface area contributed by atoms with Crippen LogP contribution in [0.25, 0.3) is 0 Å². The highest BCUT2D eigenvalue weighted by molar-refractivity contribution is 7.99. The maximum Gasteiger partial charge on any atom is 0.190 e. The molecule has 0 aliphatic carbocycles. The van der Waals surface area contributed by atoms with Gasteiger partial charge in [0, 0.05) is 12.8 Å². The van der Waals surface area contributed by atoms with Crippen molar-refractivity contribution in [1.82, 2.24) is 14.8 Å². The third kappa shape index (κ3) is 2.91. The van der Waals surface area contributed by atoms with E-state index >= 15 is 0 Å². The Morgan fingerprint density at radius 2 is 2.23 bits per heavy atom. The van der Waals surface area contributed by atoms with Crippen LogP contribution < -0.4 is 0 Å². The largest absolute Gasteiger partial charge is 0.309 e. The van der Waals surface area contributed by atoms with Gasteiger partial charge in [0.05, 0.1) is 0 Å². The lowest BCUT2D eigenvalue weighted by Crippen LogP contribution is -2.01. The molecular formula is C8H15N3S2. The van der Waals surface area contributed by atoms with Crippen LogP contribution in [0.4, 0.5) is 0 Å². The van der Waals surface area contributed by atoms with Crippen LogP contribution >= 0.6 is 24.4 Å². The summed E-state index contributed by atoms with van der Waals surface area (Å²) in [6.45, 7) is 4.14. The third-order valence-electron chi connectivity index (χ3n) is 1.86. The first kappa shape index (κ1) is 10.9. The molecule has 3 nitrogen and oxygen atoms in total. The van der Waals surface area contributed by atoms with Gasteiger partial charge in [-0.3, -0.25) is 0 Å². The molecule has 74 valence electrons. The Balaban J connectivity index is 2.50. The Morgan fingerprint density at radius 1 is 1.54 bits per heavy atom. The van der Waals surface area contributed by atoms with Crippen LogP contribution in [-0.4, -0.2) is 26.3 Å². The summed E-state index contributed by atoms with van der Waals surface area (Å²) in [7, 11) is 1.99. The van der Waals surface area contributed by atoms with Gasteiger partial charge >= 0.3 is 0 Å². The smallest absolute Gasteiger partial charge is 0.190 e. The minimum Gasteiger partial charge on any atom is -0.309 e. The molecule has 1 aromatic heterocycles. The molecular weight excluding hydrogens is 202 g/mol. The minimum absolute atomic E-state index is 0.616. The molecule has 13 heavy (non-hydrogen) atoms. The lowest BCUT2D eigenvalue weighted by atomic mass is 10.3. The van der Waals surface area contributed by atoms with Crippen molar-refractivity contribution in [3.8, 4) is 0 Å². The highest BCUT2D eigenvalue weighted by Crippen LogP contribution is 2.18. The van der Waals surface area contributed by atoms with E-state index in [-0.39, 0.29) is 0 Å². The Kier molecular flexibility index (Phi) is 4.12. The van der Waals surface area contributed by atoms with Crippen LogP contribution in [0.3, 0.4) is 0 Å². The van der Waals surface area contributed by atoms with Gasteiger partial charge in [-0.15, -0.1) is 10.2 Å². The number of thioether (sulfide) groups is 1. The molecule has 1 rings (SSSR count). The molecule has 0 aliphatic heterocycles. The van der Waals surface area contributed by atoms with E-state index in [1.807, 2.05) is 18.5 Å². The lowest BCUT2D eigenvalue weighted by molar-refractivity contribution is 0.743. The maximum atomic E-state index is 4.24. The first-order valence-electron chi connectivity index (χ1n) is 4.24. The fourth-order valence-electron chi connectivity index (χ4n) is 0.783. The van der Waals surface area contributed by atoms with E-state index in [9.17, 15) is 0 Å². The molecule has 0 N–H and O–H groups in total. The fraction of sp³-hybridized carbons (Fsp3) is 0.750. The summed E-state index contributed by atoms with van der Waals surface area (Å²) < 4.78 is 2.01. The van der Waals surface area contributed by atoms with Crippen LogP contribution in [0, 0.1) is 12.8 Å². The highest BCUT2D eigenvalue weighted by atomic mass is 32.2. The van der Waals surface area contributed by atoms with E-state index in [0.29, 0.717) is 5.92 Å².